The van der Waals surface area contributed by atoms with Crippen molar-refractivity contribution in [3.63, 3.8) is 0 Å². The van der Waals surface area contributed by atoms with Crippen molar-refractivity contribution in [2.75, 3.05) is 5.32 Å². The van der Waals surface area contributed by atoms with Crippen molar-refractivity contribution < 1.29 is 13.2 Å². The quantitative estimate of drug-likeness (QED) is 0.804. The van der Waals surface area contributed by atoms with Gasteiger partial charge in [0.25, 0.3) is 0 Å². The molecule has 1 aromatic carbocycles. The molecule has 2 rings (SSSR count). The number of nitrogens with one attached hydrogen (secondary N) is 1. The molecule has 0 bridgehead atoms. The Balaban J connectivity index is 2.03. The minimum atomic E-state index is -4.05. The second-order valence-corrected chi connectivity index (χ2v) is 5.65. The molecule has 0 saturated heterocycles. The van der Waals surface area contributed by atoms with Gasteiger partial charge in [-0.2, -0.15) is 13.2 Å². The summed E-state index contributed by atoms with van der Waals surface area (Å²) in [5, 5.41) is 3.34. The summed E-state index contributed by atoms with van der Waals surface area (Å²) in [5.74, 6) is -1.15. The molecule has 1 aromatic rings. The SMILES string of the molecule is CCCc1ccccc1NC1CCCC(C(F)(F)F)C1. The van der Waals surface area contributed by atoms with E-state index in [4.69, 9.17) is 0 Å². The molecule has 0 amide bonds. The van der Waals surface area contributed by atoms with E-state index in [0.29, 0.717) is 6.42 Å². The van der Waals surface area contributed by atoms with Crippen molar-refractivity contribution in [2.45, 2.75) is 57.7 Å². The van der Waals surface area contributed by atoms with Gasteiger partial charge in [0.1, 0.15) is 0 Å². The zero-order valence-corrected chi connectivity index (χ0v) is 11.8. The molecule has 0 aromatic heterocycles. The lowest BCUT2D eigenvalue weighted by Gasteiger charge is -2.32. The summed E-state index contributed by atoms with van der Waals surface area (Å²) < 4.78 is 38.5. The van der Waals surface area contributed by atoms with Crippen molar-refractivity contribution in [1.82, 2.24) is 0 Å². The van der Waals surface area contributed by atoms with Crippen molar-refractivity contribution in [2.24, 2.45) is 5.92 Å². The zero-order chi connectivity index (χ0) is 14.6. The Kier molecular flexibility index (Phi) is 4.95. The number of anilines is 1. The largest absolute Gasteiger partial charge is 0.391 e. The number of alkyl halides is 3. The summed E-state index contributed by atoms with van der Waals surface area (Å²) in [5.41, 5.74) is 2.20. The van der Waals surface area contributed by atoms with Crippen LogP contribution < -0.4 is 5.32 Å². The number of benzene rings is 1. The summed E-state index contributed by atoms with van der Waals surface area (Å²) in [6.07, 6.45) is -0.108. The summed E-state index contributed by atoms with van der Waals surface area (Å²) >= 11 is 0. The lowest BCUT2D eigenvalue weighted by Crippen LogP contribution is -2.34. The summed E-state index contributed by atoms with van der Waals surface area (Å²) in [6.45, 7) is 2.11. The maximum Gasteiger partial charge on any atom is 0.391 e. The van der Waals surface area contributed by atoms with E-state index >= 15 is 0 Å². The molecule has 1 saturated carbocycles. The van der Waals surface area contributed by atoms with Crippen molar-refractivity contribution in [1.29, 1.82) is 0 Å². The molecule has 1 fully saturated rings. The van der Waals surface area contributed by atoms with E-state index in [1.807, 2.05) is 18.2 Å². The molecule has 0 spiro atoms. The van der Waals surface area contributed by atoms with Crippen LogP contribution in [0.1, 0.15) is 44.6 Å². The van der Waals surface area contributed by atoms with Crippen LogP contribution in [0.2, 0.25) is 0 Å². The van der Waals surface area contributed by atoms with E-state index in [1.54, 1.807) is 0 Å². The predicted octanol–water partition coefficient (Wildman–Crippen LogP) is 5.17. The Morgan fingerprint density at radius 2 is 1.95 bits per heavy atom. The third kappa shape index (κ3) is 3.90. The third-order valence-electron chi connectivity index (χ3n) is 4.03. The molecule has 1 aliphatic rings. The average Bonchev–Trinajstić information content (AvgIpc) is 2.41. The van der Waals surface area contributed by atoms with Crippen LogP contribution in [0.4, 0.5) is 18.9 Å². The number of para-hydroxylation sites is 1. The first-order valence-corrected chi connectivity index (χ1v) is 7.42. The van der Waals surface area contributed by atoms with Gasteiger partial charge >= 0.3 is 6.18 Å². The molecule has 1 aliphatic carbocycles. The highest BCUT2D eigenvalue weighted by molar-refractivity contribution is 5.51. The highest BCUT2D eigenvalue weighted by Gasteiger charge is 2.42. The van der Waals surface area contributed by atoms with Gasteiger partial charge < -0.3 is 5.32 Å². The first-order chi connectivity index (χ1) is 9.50. The minimum Gasteiger partial charge on any atom is -0.382 e. The van der Waals surface area contributed by atoms with E-state index in [9.17, 15) is 13.2 Å². The van der Waals surface area contributed by atoms with Gasteiger partial charge in [-0.05, 0) is 37.3 Å². The standard InChI is InChI=1S/C16H22F3N/c1-2-6-12-7-3-4-10-15(12)20-14-9-5-8-13(11-14)16(17,18)19/h3-4,7,10,13-14,20H,2,5-6,8-9,11H2,1H3. The smallest absolute Gasteiger partial charge is 0.382 e. The van der Waals surface area contributed by atoms with Gasteiger partial charge in [0, 0.05) is 11.7 Å². The number of hydrogen-bond donors (Lipinski definition) is 1. The van der Waals surface area contributed by atoms with E-state index in [0.717, 1.165) is 24.9 Å². The molecule has 112 valence electrons. The number of hydrogen-bond acceptors (Lipinski definition) is 1. The lowest BCUT2D eigenvalue weighted by molar-refractivity contribution is -0.182. The van der Waals surface area contributed by atoms with Crippen LogP contribution in [0.5, 0.6) is 0 Å². The minimum absolute atomic E-state index is 0.0617. The molecule has 2 unspecified atom stereocenters. The topological polar surface area (TPSA) is 12.0 Å². The molecule has 4 heteroatoms. The summed E-state index contributed by atoms with van der Waals surface area (Å²) in [6, 6.07) is 7.88. The molecule has 20 heavy (non-hydrogen) atoms. The van der Waals surface area contributed by atoms with E-state index in [-0.39, 0.29) is 18.9 Å². The molecular weight excluding hydrogens is 263 g/mol. The van der Waals surface area contributed by atoms with Gasteiger partial charge in [-0.1, -0.05) is 38.0 Å². The highest BCUT2D eigenvalue weighted by atomic mass is 19.4. The molecule has 2 atom stereocenters. The fourth-order valence-corrected chi connectivity index (χ4v) is 2.99. The van der Waals surface area contributed by atoms with Crippen LogP contribution in [-0.2, 0) is 6.42 Å². The van der Waals surface area contributed by atoms with Crippen molar-refractivity contribution >= 4 is 5.69 Å². The molecule has 1 nitrogen and oxygen atoms in total. The van der Waals surface area contributed by atoms with E-state index in [1.165, 1.54) is 5.56 Å². The van der Waals surface area contributed by atoms with Crippen LogP contribution in [0.25, 0.3) is 0 Å². The van der Waals surface area contributed by atoms with Gasteiger partial charge in [-0.15, -0.1) is 0 Å². The Hall–Kier alpha value is -1.19. The van der Waals surface area contributed by atoms with Crippen LogP contribution in [0.3, 0.4) is 0 Å². The average molecular weight is 285 g/mol. The van der Waals surface area contributed by atoms with E-state index < -0.39 is 12.1 Å². The Morgan fingerprint density at radius 3 is 2.65 bits per heavy atom. The summed E-state index contributed by atoms with van der Waals surface area (Å²) in [4.78, 5) is 0. The molecular formula is C16H22F3N. The fraction of sp³-hybridized carbons (Fsp3) is 0.625. The molecule has 0 radical (unpaired) electrons. The first kappa shape index (κ1) is 15.2. The van der Waals surface area contributed by atoms with Gasteiger partial charge in [0.15, 0.2) is 0 Å². The van der Waals surface area contributed by atoms with Crippen LogP contribution in [-0.4, -0.2) is 12.2 Å². The molecule has 0 heterocycles. The second-order valence-electron chi connectivity index (χ2n) is 5.65. The number of rotatable bonds is 4. The Labute approximate surface area is 118 Å². The number of aryl methyl sites for hydroxylation is 1. The molecule has 0 aliphatic heterocycles. The van der Waals surface area contributed by atoms with Crippen LogP contribution in [0.15, 0.2) is 24.3 Å². The van der Waals surface area contributed by atoms with Gasteiger partial charge in [-0.3, -0.25) is 0 Å². The fourth-order valence-electron chi connectivity index (χ4n) is 2.99. The predicted molar refractivity (Wildman–Crippen MR) is 75.9 cm³/mol. The first-order valence-electron chi connectivity index (χ1n) is 7.42. The maximum atomic E-state index is 12.8. The number of halogens is 3. The van der Waals surface area contributed by atoms with Gasteiger partial charge in [0.2, 0.25) is 0 Å². The van der Waals surface area contributed by atoms with Crippen molar-refractivity contribution in [3.8, 4) is 0 Å². The normalized spacial score (nSPS) is 23.6. The van der Waals surface area contributed by atoms with Crippen molar-refractivity contribution in [3.05, 3.63) is 29.8 Å². The third-order valence-corrected chi connectivity index (χ3v) is 4.03. The van der Waals surface area contributed by atoms with Gasteiger partial charge in [-0.25, -0.2) is 0 Å². The Morgan fingerprint density at radius 1 is 1.20 bits per heavy atom. The maximum absolute atomic E-state index is 12.8. The Bertz CT molecular complexity index is 428. The lowest BCUT2D eigenvalue weighted by atomic mass is 9.85. The highest BCUT2D eigenvalue weighted by Crippen LogP contribution is 2.38. The van der Waals surface area contributed by atoms with Crippen LogP contribution >= 0.6 is 0 Å². The van der Waals surface area contributed by atoms with E-state index in [2.05, 4.69) is 18.3 Å². The van der Waals surface area contributed by atoms with Crippen LogP contribution in [0, 0.1) is 5.92 Å². The molecule has 1 N–H and O–H groups in total. The van der Waals surface area contributed by atoms with Gasteiger partial charge in [0.05, 0.1) is 5.92 Å². The summed E-state index contributed by atoms with van der Waals surface area (Å²) in [7, 11) is 0. The monoisotopic (exact) mass is 285 g/mol. The zero-order valence-electron chi connectivity index (χ0n) is 11.8. The second kappa shape index (κ2) is 6.51.